The highest BCUT2D eigenvalue weighted by Gasteiger charge is 2.13. The van der Waals surface area contributed by atoms with E-state index in [2.05, 4.69) is 52.0 Å². The summed E-state index contributed by atoms with van der Waals surface area (Å²) < 4.78 is 0. The number of guanidine groups is 1. The number of hydrogen-bond acceptors (Lipinski definition) is 3. The van der Waals surface area contributed by atoms with Crippen LogP contribution in [0.2, 0.25) is 0 Å². The molecular formula is C16H26N4S. The average Bonchev–Trinajstić information content (AvgIpc) is 2.51. The van der Waals surface area contributed by atoms with Crippen LogP contribution in [0.15, 0.2) is 23.2 Å². The third kappa shape index (κ3) is 4.56. The Morgan fingerprint density at radius 2 is 2.24 bits per heavy atom. The average molecular weight is 306 g/mol. The van der Waals surface area contributed by atoms with Gasteiger partial charge in [-0.1, -0.05) is 12.1 Å². The molecule has 1 aromatic carbocycles. The van der Waals surface area contributed by atoms with E-state index >= 15 is 0 Å². The predicted molar refractivity (Wildman–Crippen MR) is 94.6 cm³/mol. The molecule has 0 bridgehead atoms. The van der Waals surface area contributed by atoms with Crippen LogP contribution in [-0.4, -0.2) is 45.2 Å². The van der Waals surface area contributed by atoms with Gasteiger partial charge in [0.05, 0.1) is 0 Å². The van der Waals surface area contributed by atoms with Crippen molar-refractivity contribution in [3.8, 4) is 0 Å². The van der Waals surface area contributed by atoms with Crippen LogP contribution in [-0.2, 0) is 13.0 Å². The van der Waals surface area contributed by atoms with Crippen molar-refractivity contribution in [3.05, 3.63) is 29.3 Å². The summed E-state index contributed by atoms with van der Waals surface area (Å²) in [5.74, 6) is 1.96. The Kier molecular flexibility index (Phi) is 6.23. The van der Waals surface area contributed by atoms with E-state index in [9.17, 15) is 0 Å². The third-order valence-electron chi connectivity index (χ3n) is 3.78. The van der Waals surface area contributed by atoms with Crippen LogP contribution >= 0.6 is 11.8 Å². The van der Waals surface area contributed by atoms with E-state index in [-0.39, 0.29) is 0 Å². The summed E-state index contributed by atoms with van der Waals surface area (Å²) in [6.07, 6.45) is 4.55. The Morgan fingerprint density at radius 1 is 1.38 bits per heavy atom. The van der Waals surface area contributed by atoms with E-state index in [0.29, 0.717) is 0 Å². The van der Waals surface area contributed by atoms with Gasteiger partial charge in [0.2, 0.25) is 0 Å². The second-order valence-corrected chi connectivity index (χ2v) is 6.32. The first-order valence-electron chi connectivity index (χ1n) is 7.51. The minimum absolute atomic E-state index is 0.815. The summed E-state index contributed by atoms with van der Waals surface area (Å²) in [7, 11) is 3.99. The monoisotopic (exact) mass is 306 g/mol. The molecular weight excluding hydrogens is 280 g/mol. The molecule has 0 aromatic heterocycles. The maximum atomic E-state index is 4.25. The highest BCUT2D eigenvalue weighted by Crippen LogP contribution is 2.26. The van der Waals surface area contributed by atoms with Crippen LogP contribution in [0, 0.1) is 0 Å². The highest BCUT2D eigenvalue weighted by atomic mass is 32.2. The SMILES string of the molecule is CN=C(NCCSC)NCc1ccc2c(c1)CCCN2C. The molecule has 0 radical (unpaired) electrons. The van der Waals surface area contributed by atoms with E-state index in [0.717, 1.165) is 31.3 Å². The molecule has 1 aliphatic rings. The Bertz CT molecular complexity index is 487. The van der Waals surface area contributed by atoms with E-state index < -0.39 is 0 Å². The molecule has 21 heavy (non-hydrogen) atoms. The van der Waals surface area contributed by atoms with Crippen LogP contribution in [0.1, 0.15) is 17.5 Å². The zero-order chi connectivity index (χ0) is 15.1. The van der Waals surface area contributed by atoms with Crippen LogP contribution < -0.4 is 15.5 Å². The van der Waals surface area contributed by atoms with Crippen LogP contribution in [0.4, 0.5) is 5.69 Å². The van der Waals surface area contributed by atoms with Crippen molar-refractivity contribution in [1.82, 2.24) is 10.6 Å². The van der Waals surface area contributed by atoms with Gasteiger partial charge in [-0.05, 0) is 36.3 Å². The van der Waals surface area contributed by atoms with Gasteiger partial charge in [0, 0.05) is 45.2 Å². The van der Waals surface area contributed by atoms with Gasteiger partial charge in [-0.15, -0.1) is 0 Å². The molecule has 0 atom stereocenters. The van der Waals surface area contributed by atoms with Gasteiger partial charge in [0.15, 0.2) is 5.96 Å². The van der Waals surface area contributed by atoms with Gasteiger partial charge >= 0.3 is 0 Å². The fourth-order valence-electron chi connectivity index (χ4n) is 2.63. The van der Waals surface area contributed by atoms with Crippen molar-refractivity contribution in [2.45, 2.75) is 19.4 Å². The number of nitrogens with zero attached hydrogens (tertiary/aromatic N) is 2. The van der Waals surface area contributed by atoms with Crippen molar-refractivity contribution in [2.24, 2.45) is 4.99 Å². The second-order valence-electron chi connectivity index (χ2n) is 5.33. The molecule has 0 amide bonds. The zero-order valence-corrected chi connectivity index (χ0v) is 14.1. The van der Waals surface area contributed by atoms with E-state index in [1.54, 1.807) is 0 Å². The minimum atomic E-state index is 0.815. The smallest absolute Gasteiger partial charge is 0.191 e. The first kappa shape index (κ1) is 16.0. The molecule has 4 nitrogen and oxygen atoms in total. The third-order valence-corrected chi connectivity index (χ3v) is 4.39. The van der Waals surface area contributed by atoms with Crippen LogP contribution in [0.3, 0.4) is 0 Å². The molecule has 0 saturated carbocycles. The van der Waals surface area contributed by atoms with Gasteiger partial charge in [0.25, 0.3) is 0 Å². The molecule has 0 aliphatic carbocycles. The lowest BCUT2D eigenvalue weighted by Crippen LogP contribution is -2.38. The van der Waals surface area contributed by atoms with E-state index in [4.69, 9.17) is 0 Å². The summed E-state index contributed by atoms with van der Waals surface area (Å²) in [6.45, 7) is 2.92. The summed E-state index contributed by atoms with van der Waals surface area (Å²) in [4.78, 5) is 6.60. The maximum absolute atomic E-state index is 4.25. The molecule has 5 heteroatoms. The second kappa shape index (κ2) is 8.17. The van der Waals surface area contributed by atoms with Gasteiger partial charge in [-0.2, -0.15) is 11.8 Å². The van der Waals surface area contributed by atoms with Gasteiger partial charge in [-0.25, -0.2) is 0 Å². The summed E-state index contributed by atoms with van der Waals surface area (Å²) in [5.41, 5.74) is 4.16. The molecule has 116 valence electrons. The number of hydrogen-bond donors (Lipinski definition) is 2. The van der Waals surface area contributed by atoms with Crippen molar-refractivity contribution >= 4 is 23.4 Å². The Morgan fingerprint density at radius 3 is 3.00 bits per heavy atom. The van der Waals surface area contributed by atoms with E-state index in [1.165, 1.54) is 29.7 Å². The number of benzene rings is 1. The molecule has 0 saturated heterocycles. The molecule has 1 aliphatic heterocycles. The van der Waals surface area contributed by atoms with Crippen molar-refractivity contribution < 1.29 is 0 Å². The van der Waals surface area contributed by atoms with E-state index in [1.807, 2.05) is 18.8 Å². The molecule has 0 fully saturated rings. The van der Waals surface area contributed by atoms with Crippen molar-refractivity contribution in [1.29, 1.82) is 0 Å². The normalized spacial score (nSPS) is 14.8. The summed E-state index contributed by atoms with van der Waals surface area (Å²) >= 11 is 1.83. The topological polar surface area (TPSA) is 39.7 Å². The first-order valence-corrected chi connectivity index (χ1v) is 8.90. The molecule has 0 spiro atoms. The predicted octanol–water partition coefficient (Wildman–Crippen LogP) is 2.10. The first-order chi connectivity index (χ1) is 10.2. The Balaban J connectivity index is 1.91. The molecule has 2 N–H and O–H groups in total. The van der Waals surface area contributed by atoms with Gasteiger partial charge < -0.3 is 15.5 Å². The minimum Gasteiger partial charge on any atom is -0.374 e. The molecule has 2 rings (SSSR count). The number of aryl methyl sites for hydroxylation is 1. The van der Waals surface area contributed by atoms with Gasteiger partial charge in [0.1, 0.15) is 0 Å². The van der Waals surface area contributed by atoms with Gasteiger partial charge in [-0.3, -0.25) is 4.99 Å². The molecule has 1 heterocycles. The largest absolute Gasteiger partial charge is 0.374 e. The number of anilines is 1. The summed E-state index contributed by atoms with van der Waals surface area (Å²) in [5, 5.41) is 6.70. The Hall–Kier alpha value is -1.36. The lowest BCUT2D eigenvalue weighted by Gasteiger charge is -2.28. The van der Waals surface area contributed by atoms with Crippen LogP contribution in [0.5, 0.6) is 0 Å². The maximum Gasteiger partial charge on any atom is 0.191 e. The highest BCUT2D eigenvalue weighted by molar-refractivity contribution is 7.98. The quantitative estimate of drug-likeness (QED) is 0.496. The number of rotatable bonds is 5. The number of nitrogens with one attached hydrogen (secondary N) is 2. The number of thioether (sulfide) groups is 1. The zero-order valence-electron chi connectivity index (χ0n) is 13.3. The Labute approximate surface area is 132 Å². The van der Waals surface area contributed by atoms with Crippen molar-refractivity contribution in [3.63, 3.8) is 0 Å². The fourth-order valence-corrected chi connectivity index (χ4v) is 2.93. The summed E-state index contributed by atoms with van der Waals surface area (Å²) in [6, 6.07) is 6.78. The standard InChI is InChI=1S/C16H26N4S/c1-17-16(18-8-10-21-3)19-12-13-6-7-15-14(11-13)5-4-9-20(15)2/h6-7,11H,4-5,8-10,12H2,1-3H3,(H2,17,18,19). The molecule has 1 aromatic rings. The molecule has 0 unspecified atom stereocenters. The fraction of sp³-hybridized carbons (Fsp3) is 0.562. The lowest BCUT2D eigenvalue weighted by molar-refractivity contribution is 0.741. The number of aliphatic imine (C=N–C) groups is 1. The van der Waals surface area contributed by atoms with Crippen molar-refractivity contribution in [2.75, 3.05) is 44.1 Å². The lowest BCUT2D eigenvalue weighted by atomic mass is 9.99. The van der Waals surface area contributed by atoms with Crippen LogP contribution in [0.25, 0.3) is 0 Å². The number of fused-ring (bicyclic) bond motifs is 1.